The number of nitrogens with one attached hydrogen (secondary N) is 1. The summed E-state index contributed by atoms with van der Waals surface area (Å²) in [6.45, 7) is 2.49. The molecule has 1 aromatic rings. The van der Waals surface area contributed by atoms with Crippen LogP contribution in [-0.2, 0) is 11.3 Å². The lowest BCUT2D eigenvalue weighted by Gasteiger charge is -2.39. The zero-order chi connectivity index (χ0) is 13.8. The first-order chi connectivity index (χ1) is 9.84. The largest absolute Gasteiger partial charge is 0.335 e. The van der Waals surface area contributed by atoms with Crippen LogP contribution in [0.5, 0.6) is 0 Å². The predicted octanol–water partition coefficient (Wildman–Crippen LogP) is 2.99. The van der Waals surface area contributed by atoms with Crippen molar-refractivity contribution in [2.24, 2.45) is 5.92 Å². The maximum absolute atomic E-state index is 12.7. The van der Waals surface area contributed by atoms with Crippen LogP contribution in [0.25, 0.3) is 0 Å². The number of hydrogen-bond donors (Lipinski definition) is 1. The number of carbonyl (C=O) groups is 1. The van der Waals surface area contributed by atoms with Gasteiger partial charge in [-0.15, -0.1) is 12.4 Å². The van der Waals surface area contributed by atoms with Gasteiger partial charge in [0.1, 0.15) is 0 Å². The Morgan fingerprint density at radius 1 is 1.10 bits per heavy atom. The van der Waals surface area contributed by atoms with Crippen LogP contribution < -0.4 is 5.32 Å². The maximum atomic E-state index is 12.7. The van der Waals surface area contributed by atoms with Gasteiger partial charge >= 0.3 is 0 Å². The summed E-state index contributed by atoms with van der Waals surface area (Å²) in [5.74, 6) is 0.570. The van der Waals surface area contributed by atoms with Crippen LogP contribution >= 0.6 is 12.4 Å². The molecule has 1 aliphatic carbocycles. The number of carbonyl (C=O) groups excluding carboxylic acids is 1. The standard InChI is InChI=1S/C17H24N2O.ClH/c20-17(15-11-18-12-15)19(16-9-5-2-6-10-16)13-14-7-3-1-4-8-14;/h1,3-4,7-8,15-16,18H,2,5-6,9-13H2;1H. The SMILES string of the molecule is Cl.O=C(C1CNC1)N(Cc1ccccc1)C1CCCCC1. The first-order valence-electron chi connectivity index (χ1n) is 7.90. The van der Waals surface area contributed by atoms with Gasteiger partial charge in [0.05, 0.1) is 5.92 Å². The van der Waals surface area contributed by atoms with Crippen molar-refractivity contribution in [2.45, 2.75) is 44.7 Å². The van der Waals surface area contributed by atoms with Gasteiger partial charge in [-0.1, -0.05) is 49.6 Å². The van der Waals surface area contributed by atoms with Crippen LogP contribution in [0.3, 0.4) is 0 Å². The van der Waals surface area contributed by atoms with Gasteiger partial charge in [0.2, 0.25) is 5.91 Å². The number of nitrogens with zero attached hydrogens (tertiary/aromatic N) is 1. The molecular weight excluding hydrogens is 284 g/mol. The number of halogens is 1. The van der Waals surface area contributed by atoms with Crippen LogP contribution in [0.15, 0.2) is 30.3 Å². The van der Waals surface area contributed by atoms with E-state index in [1.807, 2.05) is 6.07 Å². The van der Waals surface area contributed by atoms with Crippen molar-refractivity contribution in [2.75, 3.05) is 13.1 Å². The zero-order valence-electron chi connectivity index (χ0n) is 12.5. The highest BCUT2D eigenvalue weighted by molar-refractivity contribution is 5.85. The molecule has 0 radical (unpaired) electrons. The Bertz CT molecular complexity index is 441. The molecule has 0 atom stereocenters. The van der Waals surface area contributed by atoms with E-state index in [1.54, 1.807) is 0 Å². The molecule has 2 fully saturated rings. The molecule has 3 rings (SSSR count). The molecule has 1 saturated carbocycles. The molecule has 1 aromatic carbocycles. The fourth-order valence-electron chi connectivity index (χ4n) is 3.26. The summed E-state index contributed by atoms with van der Waals surface area (Å²) in [5, 5.41) is 3.22. The van der Waals surface area contributed by atoms with Gasteiger partial charge in [0.15, 0.2) is 0 Å². The Morgan fingerprint density at radius 3 is 2.33 bits per heavy atom. The van der Waals surface area contributed by atoms with E-state index in [-0.39, 0.29) is 18.3 Å². The van der Waals surface area contributed by atoms with Gasteiger partial charge in [0.25, 0.3) is 0 Å². The van der Waals surface area contributed by atoms with Crippen molar-refractivity contribution in [1.82, 2.24) is 10.2 Å². The van der Waals surface area contributed by atoms with Crippen LogP contribution in [-0.4, -0.2) is 29.9 Å². The molecule has 0 spiro atoms. The van der Waals surface area contributed by atoms with Gasteiger partial charge in [0, 0.05) is 25.7 Å². The summed E-state index contributed by atoms with van der Waals surface area (Å²) in [4.78, 5) is 14.9. The summed E-state index contributed by atoms with van der Waals surface area (Å²) >= 11 is 0. The van der Waals surface area contributed by atoms with E-state index in [4.69, 9.17) is 0 Å². The number of benzene rings is 1. The fraction of sp³-hybridized carbons (Fsp3) is 0.588. The average molecular weight is 309 g/mol. The van der Waals surface area contributed by atoms with Crippen LogP contribution in [0.2, 0.25) is 0 Å². The van der Waals surface area contributed by atoms with Crippen molar-refractivity contribution in [1.29, 1.82) is 0 Å². The second-order valence-corrected chi connectivity index (χ2v) is 6.10. The van der Waals surface area contributed by atoms with E-state index < -0.39 is 0 Å². The topological polar surface area (TPSA) is 32.3 Å². The lowest BCUT2D eigenvalue weighted by Crippen LogP contribution is -2.54. The first-order valence-corrected chi connectivity index (χ1v) is 7.90. The third-order valence-corrected chi connectivity index (χ3v) is 4.63. The molecule has 0 aromatic heterocycles. The van der Waals surface area contributed by atoms with Crippen molar-refractivity contribution in [3.8, 4) is 0 Å². The molecule has 0 bridgehead atoms. The number of rotatable bonds is 4. The Morgan fingerprint density at radius 2 is 1.76 bits per heavy atom. The summed E-state index contributed by atoms with van der Waals surface area (Å²) in [7, 11) is 0. The third kappa shape index (κ3) is 3.98. The minimum absolute atomic E-state index is 0. The second-order valence-electron chi connectivity index (χ2n) is 6.10. The Labute approximate surface area is 133 Å². The average Bonchev–Trinajstić information content (AvgIpc) is 2.45. The lowest BCUT2D eigenvalue weighted by atomic mass is 9.91. The Hall–Kier alpha value is -1.06. The number of hydrogen-bond acceptors (Lipinski definition) is 2. The molecule has 2 aliphatic rings. The van der Waals surface area contributed by atoms with Crippen molar-refractivity contribution < 1.29 is 4.79 Å². The molecule has 1 heterocycles. The second kappa shape index (κ2) is 7.81. The summed E-state index contributed by atoms with van der Waals surface area (Å²) < 4.78 is 0. The molecule has 1 amide bonds. The van der Waals surface area contributed by atoms with Gasteiger partial charge < -0.3 is 10.2 Å². The number of amides is 1. The summed E-state index contributed by atoms with van der Waals surface area (Å²) in [6.07, 6.45) is 6.23. The molecule has 1 saturated heterocycles. The monoisotopic (exact) mass is 308 g/mol. The van der Waals surface area contributed by atoms with E-state index in [9.17, 15) is 4.79 Å². The van der Waals surface area contributed by atoms with E-state index in [1.165, 1.54) is 37.7 Å². The Kier molecular flexibility index (Phi) is 6.07. The maximum Gasteiger partial charge on any atom is 0.228 e. The Balaban J connectivity index is 0.00000161. The van der Waals surface area contributed by atoms with Crippen molar-refractivity contribution >= 4 is 18.3 Å². The molecule has 4 heteroatoms. The van der Waals surface area contributed by atoms with Gasteiger partial charge in [-0.25, -0.2) is 0 Å². The molecule has 1 N–H and O–H groups in total. The smallest absolute Gasteiger partial charge is 0.228 e. The highest BCUT2D eigenvalue weighted by Gasteiger charge is 2.33. The first kappa shape index (κ1) is 16.3. The normalized spacial score (nSPS) is 19.4. The van der Waals surface area contributed by atoms with E-state index in [0.717, 1.165) is 19.6 Å². The van der Waals surface area contributed by atoms with Crippen molar-refractivity contribution in [3.63, 3.8) is 0 Å². The summed E-state index contributed by atoms with van der Waals surface area (Å²) in [6, 6.07) is 10.9. The lowest BCUT2D eigenvalue weighted by molar-refractivity contribution is -0.141. The van der Waals surface area contributed by atoms with E-state index >= 15 is 0 Å². The van der Waals surface area contributed by atoms with E-state index in [2.05, 4.69) is 34.5 Å². The minimum atomic E-state index is 0. The van der Waals surface area contributed by atoms with Crippen LogP contribution in [0.4, 0.5) is 0 Å². The zero-order valence-corrected chi connectivity index (χ0v) is 13.3. The molecule has 1 aliphatic heterocycles. The van der Waals surface area contributed by atoms with Crippen LogP contribution in [0, 0.1) is 5.92 Å². The van der Waals surface area contributed by atoms with E-state index in [0.29, 0.717) is 11.9 Å². The molecule has 116 valence electrons. The molecule has 3 nitrogen and oxygen atoms in total. The highest BCUT2D eigenvalue weighted by Crippen LogP contribution is 2.26. The third-order valence-electron chi connectivity index (χ3n) is 4.63. The minimum Gasteiger partial charge on any atom is -0.335 e. The van der Waals surface area contributed by atoms with Crippen molar-refractivity contribution in [3.05, 3.63) is 35.9 Å². The molecule has 0 unspecified atom stereocenters. The van der Waals surface area contributed by atoms with Gasteiger partial charge in [-0.3, -0.25) is 4.79 Å². The molecular formula is C17H25ClN2O. The fourth-order valence-corrected chi connectivity index (χ4v) is 3.26. The predicted molar refractivity (Wildman–Crippen MR) is 87.5 cm³/mol. The highest BCUT2D eigenvalue weighted by atomic mass is 35.5. The van der Waals surface area contributed by atoms with Gasteiger partial charge in [-0.2, -0.15) is 0 Å². The summed E-state index contributed by atoms with van der Waals surface area (Å²) in [5.41, 5.74) is 1.25. The quantitative estimate of drug-likeness (QED) is 0.927. The molecule has 21 heavy (non-hydrogen) atoms. The van der Waals surface area contributed by atoms with Gasteiger partial charge in [-0.05, 0) is 18.4 Å². The van der Waals surface area contributed by atoms with Crippen LogP contribution in [0.1, 0.15) is 37.7 Å².